The molecule has 0 bridgehead atoms. The number of rotatable bonds is 6. The Kier molecular flexibility index (Phi) is 4.75. The number of fused-ring (bicyclic) bond motifs is 1. The van der Waals surface area contributed by atoms with Gasteiger partial charge in [-0.1, -0.05) is 18.9 Å². The number of aromatic nitrogens is 2. The van der Waals surface area contributed by atoms with Crippen LogP contribution in [0.5, 0.6) is 11.5 Å². The third-order valence-electron chi connectivity index (χ3n) is 5.11. The number of nitrogens with zero attached hydrogens (tertiary/aromatic N) is 3. The molecule has 1 saturated carbocycles. The first-order valence-corrected chi connectivity index (χ1v) is 9.02. The number of ether oxygens (including phenoxy) is 2. The highest BCUT2D eigenvalue weighted by atomic mass is 16.7. The molecule has 2 atom stereocenters. The zero-order valence-corrected chi connectivity index (χ0v) is 14.5. The van der Waals surface area contributed by atoms with Crippen LogP contribution in [-0.2, 0) is 6.42 Å². The maximum Gasteiger partial charge on any atom is 0.389 e. The summed E-state index contributed by atoms with van der Waals surface area (Å²) in [5.74, 6) is 1.52. The van der Waals surface area contributed by atoms with Crippen molar-refractivity contribution in [2.75, 3.05) is 13.3 Å². The van der Waals surface area contributed by atoms with Crippen molar-refractivity contribution < 1.29 is 14.4 Å². The standard InChI is InChI=1S/C18H22N4O4/c23-22(24)18-8-10-21(20-18)15-4-2-1-3-14(15)19-9-7-13-5-6-16-17(11-13)26-12-25-16/h5-6,8,10-11,14-15,19H,1-4,7,9,12H2/t14-,15-/m0/s1. The smallest absolute Gasteiger partial charge is 0.389 e. The second-order valence-corrected chi connectivity index (χ2v) is 6.76. The van der Waals surface area contributed by atoms with E-state index in [-0.39, 0.29) is 24.7 Å². The molecule has 2 heterocycles. The van der Waals surface area contributed by atoms with Gasteiger partial charge in [-0.2, -0.15) is 4.68 Å². The molecule has 0 spiro atoms. The summed E-state index contributed by atoms with van der Waals surface area (Å²) in [7, 11) is 0. The fraction of sp³-hybridized carbons (Fsp3) is 0.500. The van der Waals surface area contributed by atoms with Gasteiger partial charge in [0, 0.05) is 6.04 Å². The van der Waals surface area contributed by atoms with Gasteiger partial charge in [0.1, 0.15) is 0 Å². The van der Waals surface area contributed by atoms with Crippen molar-refractivity contribution in [2.24, 2.45) is 0 Å². The number of nitrogens with one attached hydrogen (secondary N) is 1. The highest BCUT2D eigenvalue weighted by molar-refractivity contribution is 5.44. The van der Waals surface area contributed by atoms with E-state index in [1.165, 1.54) is 18.1 Å². The molecule has 0 saturated heterocycles. The first-order valence-electron chi connectivity index (χ1n) is 9.02. The predicted molar refractivity (Wildman–Crippen MR) is 94.4 cm³/mol. The quantitative estimate of drug-likeness (QED) is 0.631. The number of hydrogen-bond donors (Lipinski definition) is 1. The molecule has 26 heavy (non-hydrogen) atoms. The molecule has 1 aliphatic heterocycles. The van der Waals surface area contributed by atoms with E-state index >= 15 is 0 Å². The van der Waals surface area contributed by atoms with Crippen LogP contribution >= 0.6 is 0 Å². The van der Waals surface area contributed by atoms with Crippen molar-refractivity contribution in [3.63, 3.8) is 0 Å². The normalized spacial score (nSPS) is 21.7. The maximum atomic E-state index is 10.9. The van der Waals surface area contributed by atoms with Crippen LogP contribution in [0.4, 0.5) is 5.82 Å². The van der Waals surface area contributed by atoms with Gasteiger partial charge in [0.05, 0.1) is 23.4 Å². The summed E-state index contributed by atoms with van der Waals surface area (Å²) in [5.41, 5.74) is 1.20. The van der Waals surface area contributed by atoms with Crippen LogP contribution < -0.4 is 14.8 Å². The summed E-state index contributed by atoms with van der Waals surface area (Å²) < 4.78 is 12.5. The van der Waals surface area contributed by atoms with Crippen molar-refractivity contribution in [1.29, 1.82) is 0 Å². The summed E-state index contributed by atoms with van der Waals surface area (Å²) in [6.07, 6.45) is 6.94. The largest absolute Gasteiger partial charge is 0.454 e. The summed E-state index contributed by atoms with van der Waals surface area (Å²) in [6, 6.07) is 7.94. The third kappa shape index (κ3) is 3.50. The van der Waals surface area contributed by atoms with Gasteiger partial charge in [-0.25, -0.2) is 0 Å². The number of hydrogen-bond acceptors (Lipinski definition) is 6. The molecule has 1 aromatic carbocycles. The minimum absolute atomic E-state index is 0.0883. The Morgan fingerprint density at radius 3 is 2.92 bits per heavy atom. The first-order chi connectivity index (χ1) is 12.7. The van der Waals surface area contributed by atoms with Gasteiger partial charge in [-0.05, 0) is 48.4 Å². The number of nitro groups is 1. The fourth-order valence-corrected chi connectivity index (χ4v) is 3.77. The molecule has 0 radical (unpaired) electrons. The lowest BCUT2D eigenvalue weighted by Gasteiger charge is -2.30. The molecular formula is C18H22N4O4. The first kappa shape index (κ1) is 16.8. The minimum atomic E-state index is -0.443. The molecule has 1 fully saturated rings. The summed E-state index contributed by atoms with van der Waals surface area (Å²) in [5, 5.41) is 18.6. The SMILES string of the molecule is O=[N+]([O-])c1ccn([C@H]2CCCC[C@@H]2NCCc2ccc3c(c2)OCO3)n1. The molecule has 1 aromatic heterocycles. The molecular weight excluding hydrogens is 336 g/mol. The zero-order chi connectivity index (χ0) is 17.9. The van der Waals surface area contributed by atoms with E-state index in [1.54, 1.807) is 10.9 Å². The Morgan fingerprint density at radius 2 is 2.08 bits per heavy atom. The molecule has 138 valence electrons. The summed E-state index contributed by atoms with van der Waals surface area (Å²) >= 11 is 0. The molecule has 0 amide bonds. The Bertz CT molecular complexity index is 791. The third-order valence-corrected chi connectivity index (χ3v) is 5.11. The van der Waals surface area contributed by atoms with E-state index in [1.807, 2.05) is 12.1 Å². The van der Waals surface area contributed by atoms with E-state index < -0.39 is 4.92 Å². The van der Waals surface area contributed by atoms with Crippen LogP contribution in [-0.4, -0.2) is 34.1 Å². The summed E-state index contributed by atoms with van der Waals surface area (Å²) in [4.78, 5) is 10.4. The highest BCUT2D eigenvalue weighted by Gasteiger charge is 2.29. The van der Waals surface area contributed by atoms with Gasteiger partial charge >= 0.3 is 5.82 Å². The van der Waals surface area contributed by atoms with Crippen LogP contribution in [0.15, 0.2) is 30.5 Å². The van der Waals surface area contributed by atoms with E-state index in [0.717, 1.165) is 43.7 Å². The van der Waals surface area contributed by atoms with E-state index in [4.69, 9.17) is 9.47 Å². The lowest BCUT2D eigenvalue weighted by atomic mass is 9.90. The average molecular weight is 358 g/mol. The average Bonchev–Trinajstić information content (AvgIpc) is 3.31. The van der Waals surface area contributed by atoms with E-state index in [2.05, 4.69) is 16.5 Å². The van der Waals surface area contributed by atoms with Crippen molar-refractivity contribution in [2.45, 2.75) is 44.2 Å². The van der Waals surface area contributed by atoms with Crippen molar-refractivity contribution in [3.8, 4) is 11.5 Å². The van der Waals surface area contributed by atoms with Gasteiger partial charge < -0.3 is 24.9 Å². The zero-order valence-electron chi connectivity index (χ0n) is 14.5. The van der Waals surface area contributed by atoms with Gasteiger partial charge in [0.25, 0.3) is 0 Å². The van der Waals surface area contributed by atoms with Gasteiger partial charge in [0.2, 0.25) is 6.79 Å². The molecule has 2 aromatic rings. The second-order valence-electron chi connectivity index (χ2n) is 6.76. The molecule has 8 nitrogen and oxygen atoms in total. The van der Waals surface area contributed by atoms with Crippen LogP contribution in [0.1, 0.15) is 37.3 Å². The predicted octanol–water partition coefficient (Wildman–Crippen LogP) is 2.84. The van der Waals surface area contributed by atoms with Crippen LogP contribution in [0.2, 0.25) is 0 Å². The molecule has 1 aliphatic carbocycles. The Balaban J connectivity index is 1.37. The molecule has 8 heteroatoms. The number of benzene rings is 1. The van der Waals surface area contributed by atoms with Crippen molar-refractivity contribution in [3.05, 3.63) is 46.1 Å². The molecule has 1 N–H and O–H groups in total. The van der Waals surface area contributed by atoms with Crippen molar-refractivity contribution >= 4 is 5.82 Å². The monoisotopic (exact) mass is 358 g/mol. The molecule has 2 aliphatic rings. The lowest BCUT2D eigenvalue weighted by molar-refractivity contribution is -0.389. The Labute approximate surface area is 151 Å². The molecule has 0 unspecified atom stereocenters. The molecule has 4 rings (SSSR count). The topological polar surface area (TPSA) is 91.5 Å². The van der Waals surface area contributed by atoms with Gasteiger partial charge in [-0.15, -0.1) is 0 Å². The minimum Gasteiger partial charge on any atom is -0.454 e. The van der Waals surface area contributed by atoms with Crippen LogP contribution in [0.25, 0.3) is 0 Å². The van der Waals surface area contributed by atoms with E-state index in [0.29, 0.717) is 0 Å². The van der Waals surface area contributed by atoms with Crippen LogP contribution in [0.3, 0.4) is 0 Å². The second kappa shape index (κ2) is 7.33. The lowest BCUT2D eigenvalue weighted by Crippen LogP contribution is -2.41. The Hall–Kier alpha value is -2.61. The Morgan fingerprint density at radius 1 is 1.23 bits per heavy atom. The van der Waals surface area contributed by atoms with E-state index in [9.17, 15) is 10.1 Å². The van der Waals surface area contributed by atoms with Crippen LogP contribution in [0, 0.1) is 10.1 Å². The summed E-state index contributed by atoms with van der Waals surface area (Å²) in [6.45, 7) is 1.13. The van der Waals surface area contributed by atoms with Crippen molar-refractivity contribution in [1.82, 2.24) is 15.1 Å². The van der Waals surface area contributed by atoms with Gasteiger partial charge in [-0.3, -0.25) is 0 Å². The highest BCUT2D eigenvalue weighted by Crippen LogP contribution is 2.33. The van der Waals surface area contributed by atoms with Gasteiger partial charge in [0.15, 0.2) is 11.5 Å². The maximum absolute atomic E-state index is 10.9. The fourth-order valence-electron chi connectivity index (χ4n) is 3.77.